The largest absolute Gasteiger partial charge is 0.495 e. The number of rotatable bonds is 8. The van der Waals surface area contributed by atoms with Crippen LogP contribution in [0.5, 0.6) is 5.75 Å². The number of Topliss-reactive ketones (excluding diaryl/α,β-unsaturated/α-hetero) is 1. The number of methoxy groups -OCH3 is 1. The standard InChI is InChI=1S/C24H23FN4O2/c1-27-15-21(22(26)16-6-4-3-5-7-16)24(30)23(17-8-10-18(25)11-9-17)29-19-12-20(31-2)14-28-13-19/h3-15,23,29H,26H2,1-2H3. The summed E-state index contributed by atoms with van der Waals surface area (Å²) in [5.41, 5.74) is 8.72. The second kappa shape index (κ2) is 10.2. The lowest BCUT2D eigenvalue weighted by atomic mass is 9.94. The van der Waals surface area contributed by atoms with Crippen LogP contribution in [0.15, 0.2) is 83.6 Å². The van der Waals surface area contributed by atoms with Crippen molar-refractivity contribution >= 4 is 23.4 Å². The van der Waals surface area contributed by atoms with E-state index in [9.17, 15) is 9.18 Å². The third-order valence-electron chi connectivity index (χ3n) is 4.62. The molecule has 1 unspecified atom stereocenters. The number of benzene rings is 2. The van der Waals surface area contributed by atoms with Crippen LogP contribution in [0.3, 0.4) is 0 Å². The molecule has 0 bridgehead atoms. The molecular formula is C24H23FN4O2. The van der Waals surface area contributed by atoms with Gasteiger partial charge in [-0.15, -0.1) is 0 Å². The van der Waals surface area contributed by atoms with Crippen molar-refractivity contribution in [3.63, 3.8) is 0 Å². The minimum absolute atomic E-state index is 0.242. The van der Waals surface area contributed by atoms with Gasteiger partial charge in [-0.2, -0.15) is 0 Å². The summed E-state index contributed by atoms with van der Waals surface area (Å²) in [5.74, 6) is -0.181. The van der Waals surface area contributed by atoms with Gasteiger partial charge in [0.2, 0.25) is 0 Å². The van der Waals surface area contributed by atoms with Gasteiger partial charge in [-0.05, 0) is 23.3 Å². The molecule has 0 aliphatic rings. The summed E-state index contributed by atoms with van der Waals surface area (Å²) in [6.07, 6.45) is 4.57. The predicted octanol–water partition coefficient (Wildman–Crippen LogP) is 4.02. The molecule has 0 fully saturated rings. The van der Waals surface area contributed by atoms with Crippen LogP contribution in [0.25, 0.3) is 5.70 Å². The zero-order chi connectivity index (χ0) is 22.2. The van der Waals surface area contributed by atoms with Gasteiger partial charge in [0.05, 0.1) is 36.5 Å². The molecule has 0 aliphatic carbocycles. The molecule has 3 N–H and O–H groups in total. The van der Waals surface area contributed by atoms with Gasteiger partial charge in [-0.1, -0.05) is 42.5 Å². The van der Waals surface area contributed by atoms with Crippen LogP contribution in [-0.4, -0.2) is 31.1 Å². The maximum absolute atomic E-state index is 13.7. The van der Waals surface area contributed by atoms with Gasteiger partial charge >= 0.3 is 0 Å². The normalized spacial score (nSPS) is 12.9. The Morgan fingerprint density at radius 1 is 1.16 bits per heavy atom. The number of anilines is 1. The minimum atomic E-state index is -0.857. The number of aliphatic imine (C=N–C) groups is 1. The van der Waals surface area contributed by atoms with Crippen LogP contribution in [0.2, 0.25) is 0 Å². The van der Waals surface area contributed by atoms with Crippen molar-refractivity contribution in [2.45, 2.75) is 6.04 Å². The van der Waals surface area contributed by atoms with Crippen molar-refractivity contribution in [3.05, 3.63) is 95.6 Å². The second-order valence-electron chi connectivity index (χ2n) is 6.69. The highest BCUT2D eigenvalue weighted by atomic mass is 19.1. The smallest absolute Gasteiger partial charge is 0.193 e. The van der Waals surface area contributed by atoms with Gasteiger partial charge in [0, 0.05) is 19.3 Å². The number of nitrogens with zero attached hydrogens (tertiary/aromatic N) is 2. The van der Waals surface area contributed by atoms with Crippen LogP contribution in [0, 0.1) is 5.82 Å². The number of aromatic nitrogens is 1. The molecule has 0 aliphatic heterocycles. The lowest BCUT2D eigenvalue weighted by Gasteiger charge is -2.21. The fraction of sp³-hybridized carbons (Fsp3) is 0.125. The van der Waals surface area contributed by atoms with Crippen LogP contribution >= 0.6 is 0 Å². The molecule has 1 atom stereocenters. The molecule has 2 aromatic carbocycles. The molecule has 0 amide bonds. The van der Waals surface area contributed by atoms with Gasteiger partial charge in [-0.25, -0.2) is 4.39 Å². The fourth-order valence-corrected chi connectivity index (χ4v) is 3.06. The highest BCUT2D eigenvalue weighted by Gasteiger charge is 2.26. The van der Waals surface area contributed by atoms with E-state index in [1.165, 1.54) is 25.5 Å². The molecule has 1 heterocycles. The molecule has 1 aromatic heterocycles. The zero-order valence-electron chi connectivity index (χ0n) is 17.2. The van der Waals surface area contributed by atoms with Crippen LogP contribution < -0.4 is 15.8 Å². The number of ether oxygens (including phenoxy) is 1. The number of carbonyl (C=O) groups excluding carboxylic acids is 1. The molecule has 0 saturated heterocycles. The third kappa shape index (κ3) is 5.33. The summed E-state index contributed by atoms with van der Waals surface area (Å²) in [5, 5.41) is 3.17. The van der Waals surface area contributed by atoms with Crippen molar-refractivity contribution in [1.82, 2.24) is 4.98 Å². The monoisotopic (exact) mass is 418 g/mol. The number of pyridine rings is 1. The Kier molecular flexibility index (Phi) is 7.11. The van der Waals surface area contributed by atoms with Crippen molar-refractivity contribution in [2.24, 2.45) is 10.7 Å². The van der Waals surface area contributed by atoms with Crippen molar-refractivity contribution < 1.29 is 13.9 Å². The lowest BCUT2D eigenvalue weighted by Crippen LogP contribution is -2.25. The first-order chi connectivity index (χ1) is 15.0. The predicted molar refractivity (Wildman–Crippen MR) is 121 cm³/mol. The number of ketones is 1. The van der Waals surface area contributed by atoms with Crippen molar-refractivity contribution in [1.29, 1.82) is 0 Å². The number of halogens is 1. The Bertz CT molecular complexity index is 1100. The van der Waals surface area contributed by atoms with Crippen LogP contribution in [0.4, 0.5) is 10.1 Å². The summed E-state index contributed by atoms with van der Waals surface area (Å²) in [4.78, 5) is 21.8. The summed E-state index contributed by atoms with van der Waals surface area (Å²) in [7, 11) is 3.10. The maximum atomic E-state index is 13.7. The number of hydrogen-bond donors (Lipinski definition) is 2. The van der Waals surface area contributed by atoms with Gasteiger partial charge < -0.3 is 15.8 Å². The average Bonchev–Trinajstić information content (AvgIpc) is 2.81. The molecule has 0 radical (unpaired) electrons. The van der Waals surface area contributed by atoms with Gasteiger partial charge in [0.15, 0.2) is 5.78 Å². The number of carbonyl (C=O) groups is 1. The minimum Gasteiger partial charge on any atom is -0.495 e. The molecule has 0 spiro atoms. The summed E-state index contributed by atoms with van der Waals surface area (Å²) >= 11 is 0. The first kappa shape index (κ1) is 21.7. The molecular weight excluding hydrogens is 395 g/mol. The Morgan fingerprint density at radius 3 is 2.52 bits per heavy atom. The Morgan fingerprint density at radius 2 is 1.87 bits per heavy atom. The Labute approximate surface area is 180 Å². The zero-order valence-corrected chi connectivity index (χ0v) is 17.2. The number of nitrogens with two attached hydrogens (primary N) is 1. The van der Waals surface area contributed by atoms with E-state index in [0.29, 0.717) is 28.3 Å². The summed E-state index contributed by atoms with van der Waals surface area (Å²) in [6.45, 7) is 0. The average molecular weight is 418 g/mol. The molecule has 3 aromatic rings. The van der Waals surface area contributed by atoms with E-state index in [2.05, 4.69) is 15.3 Å². The first-order valence-electron chi connectivity index (χ1n) is 9.56. The quantitative estimate of drug-likeness (QED) is 0.426. The summed E-state index contributed by atoms with van der Waals surface area (Å²) in [6, 6.07) is 15.8. The number of hydrogen-bond acceptors (Lipinski definition) is 6. The molecule has 6 nitrogen and oxygen atoms in total. The van der Waals surface area contributed by atoms with E-state index in [4.69, 9.17) is 10.5 Å². The topological polar surface area (TPSA) is 89.6 Å². The molecule has 0 saturated carbocycles. The Balaban J connectivity index is 2.07. The van der Waals surface area contributed by atoms with Crippen LogP contribution in [-0.2, 0) is 4.79 Å². The fourth-order valence-electron chi connectivity index (χ4n) is 3.06. The highest BCUT2D eigenvalue weighted by Crippen LogP contribution is 2.27. The summed E-state index contributed by atoms with van der Waals surface area (Å²) < 4.78 is 18.7. The maximum Gasteiger partial charge on any atom is 0.193 e. The highest BCUT2D eigenvalue weighted by molar-refractivity contribution is 6.21. The van der Waals surface area contributed by atoms with Gasteiger partial charge in [0.1, 0.15) is 17.6 Å². The van der Waals surface area contributed by atoms with E-state index >= 15 is 0 Å². The van der Waals surface area contributed by atoms with Gasteiger partial charge in [-0.3, -0.25) is 14.8 Å². The molecule has 3 rings (SSSR count). The lowest BCUT2D eigenvalue weighted by molar-refractivity contribution is -0.115. The van der Waals surface area contributed by atoms with Crippen molar-refractivity contribution in [2.75, 3.05) is 19.5 Å². The molecule has 158 valence electrons. The molecule has 31 heavy (non-hydrogen) atoms. The van der Waals surface area contributed by atoms with E-state index in [1.54, 1.807) is 37.6 Å². The SMILES string of the molecule is CN=CC(C(=O)C(Nc1cncc(OC)c1)c1ccc(F)cc1)=C(N)c1ccccc1. The van der Waals surface area contributed by atoms with Gasteiger partial charge in [0.25, 0.3) is 0 Å². The third-order valence-corrected chi connectivity index (χ3v) is 4.62. The van der Waals surface area contributed by atoms with E-state index in [-0.39, 0.29) is 11.4 Å². The molecule has 7 heteroatoms. The first-order valence-corrected chi connectivity index (χ1v) is 9.56. The Hall–Kier alpha value is -4.00. The van der Waals surface area contributed by atoms with E-state index in [1.807, 2.05) is 30.3 Å². The second-order valence-corrected chi connectivity index (χ2v) is 6.69. The van der Waals surface area contributed by atoms with Crippen molar-refractivity contribution in [3.8, 4) is 5.75 Å². The van der Waals surface area contributed by atoms with E-state index in [0.717, 1.165) is 0 Å². The van der Waals surface area contributed by atoms with E-state index < -0.39 is 11.9 Å². The van der Waals surface area contributed by atoms with Crippen LogP contribution in [0.1, 0.15) is 17.2 Å². The number of nitrogens with one attached hydrogen (secondary N) is 1.